The van der Waals surface area contributed by atoms with Crippen LogP contribution in [0.5, 0.6) is 17.2 Å². The number of rotatable bonds is 6. The van der Waals surface area contributed by atoms with Crippen molar-refractivity contribution >= 4 is 22.6 Å². The lowest BCUT2D eigenvalue weighted by Gasteiger charge is -2.53. The van der Waals surface area contributed by atoms with Gasteiger partial charge in [0.1, 0.15) is 11.4 Å². The van der Waals surface area contributed by atoms with Crippen molar-refractivity contribution in [3.8, 4) is 17.2 Å². The van der Waals surface area contributed by atoms with Gasteiger partial charge in [-0.2, -0.15) is 0 Å². The van der Waals surface area contributed by atoms with Gasteiger partial charge in [0.05, 0.1) is 43.3 Å². The Labute approximate surface area is 286 Å². The van der Waals surface area contributed by atoms with E-state index >= 15 is 0 Å². The van der Waals surface area contributed by atoms with Crippen molar-refractivity contribution in [2.75, 3.05) is 14.2 Å². The Morgan fingerprint density at radius 3 is 2.34 bits per heavy atom. The number of phenolic OH excluding ortho intramolecular Hbond substituents is 1. The smallest absolute Gasteiger partial charge is 0.347 e. The van der Waals surface area contributed by atoms with E-state index in [1.165, 1.54) is 28.2 Å². The van der Waals surface area contributed by atoms with Gasteiger partial charge in [-0.25, -0.2) is 28.5 Å². The van der Waals surface area contributed by atoms with E-state index in [-0.39, 0.29) is 54.5 Å². The molecule has 0 bridgehead atoms. The van der Waals surface area contributed by atoms with Gasteiger partial charge < -0.3 is 19.1 Å². The Bertz CT molecular complexity index is 2410. The summed E-state index contributed by atoms with van der Waals surface area (Å²) in [6.07, 6.45) is 2.06. The van der Waals surface area contributed by atoms with E-state index < -0.39 is 34.7 Å². The third kappa shape index (κ3) is 4.51. The van der Waals surface area contributed by atoms with Crippen LogP contribution in [0.1, 0.15) is 56.0 Å². The van der Waals surface area contributed by atoms with Crippen LogP contribution in [-0.4, -0.2) is 54.4 Å². The maximum absolute atomic E-state index is 14.2. The summed E-state index contributed by atoms with van der Waals surface area (Å²) in [5.74, 6) is -0.620. The third-order valence-corrected chi connectivity index (χ3v) is 11.3. The zero-order valence-corrected chi connectivity index (χ0v) is 29.1. The number of allylic oxidation sites excluding steroid dienone is 4. The van der Waals surface area contributed by atoms with Crippen LogP contribution in [0.2, 0.25) is 0 Å². The zero-order valence-electron chi connectivity index (χ0n) is 29.1. The highest BCUT2D eigenvalue weighted by molar-refractivity contribution is 6.15. The number of nitrogens with zero attached hydrogens (tertiary/aromatic N) is 5. The normalized spacial score (nSPS) is 23.0. The van der Waals surface area contributed by atoms with Crippen LogP contribution in [0.15, 0.2) is 67.5 Å². The van der Waals surface area contributed by atoms with E-state index in [1.54, 1.807) is 52.1 Å². The van der Waals surface area contributed by atoms with Crippen LogP contribution < -0.4 is 26.4 Å². The van der Waals surface area contributed by atoms with Gasteiger partial charge in [0, 0.05) is 44.0 Å². The molecule has 2 aromatic carbocycles. The largest absolute Gasteiger partial charge is 0.508 e. The van der Waals surface area contributed by atoms with Gasteiger partial charge >= 0.3 is 11.4 Å². The number of hydrogen-bond acceptors (Lipinski definition) is 9. The van der Waals surface area contributed by atoms with Crippen molar-refractivity contribution in [3.05, 3.63) is 101 Å². The summed E-state index contributed by atoms with van der Waals surface area (Å²) in [6.45, 7) is 6.92. The number of fused-ring (bicyclic) bond motifs is 5. The molecule has 1 fully saturated rings. The molecule has 4 aromatic rings. The summed E-state index contributed by atoms with van der Waals surface area (Å²) in [5, 5.41) is 10.3. The van der Waals surface area contributed by atoms with Gasteiger partial charge in [-0.3, -0.25) is 14.4 Å². The lowest BCUT2D eigenvalue weighted by Crippen LogP contribution is -2.55. The second-order valence-electron chi connectivity index (χ2n) is 13.7. The Morgan fingerprint density at radius 2 is 1.66 bits per heavy atom. The molecule has 13 nitrogen and oxygen atoms in total. The molecule has 13 heteroatoms. The molecule has 3 heterocycles. The molecular formula is C37H39N5O8. The fourth-order valence-corrected chi connectivity index (χ4v) is 8.41. The van der Waals surface area contributed by atoms with E-state index in [9.17, 15) is 29.1 Å². The van der Waals surface area contributed by atoms with Crippen molar-refractivity contribution in [1.29, 1.82) is 0 Å². The van der Waals surface area contributed by atoms with Crippen molar-refractivity contribution in [2.24, 2.45) is 18.4 Å². The number of aromatic hydroxyl groups is 1. The molecule has 1 N–H and O–H groups in total. The molecule has 1 aliphatic heterocycles. The number of ketones is 2. The summed E-state index contributed by atoms with van der Waals surface area (Å²) in [6, 6.07) is 7.81. The lowest BCUT2D eigenvalue weighted by molar-refractivity contribution is -0.140. The molecule has 0 saturated heterocycles. The lowest BCUT2D eigenvalue weighted by atomic mass is 9.50. The second-order valence-corrected chi connectivity index (χ2v) is 13.7. The summed E-state index contributed by atoms with van der Waals surface area (Å²) < 4.78 is 16.1. The van der Waals surface area contributed by atoms with Crippen LogP contribution in [0.25, 0.3) is 11.0 Å². The van der Waals surface area contributed by atoms with Gasteiger partial charge in [0.15, 0.2) is 23.1 Å². The predicted octanol–water partition coefficient (Wildman–Crippen LogP) is 3.11. The monoisotopic (exact) mass is 681 g/mol. The minimum absolute atomic E-state index is 0.00737. The molecule has 0 amide bonds. The molecule has 4 atom stereocenters. The second kappa shape index (κ2) is 11.6. The number of aryl methyl sites for hydroxylation is 3. The molecule has 50 heavy (non-hydrogen) atoms. The number of methoxy groups -OCH3 is 2. The number of carbonyl (C=O) groups excluding carboxylic acids is 2. The average molecular weight is 682 g/mol. The number of benzene rings is 2. The van der Waals surface area contributed by atoms with Crippen LogP contribution >= 0.6 is 0 Å². The van der Waals surface area contributed by atoms with Crippen LogP contribution in [0.3, 0.4) is 0 Å². The molecule has 4 unspecified atom stereocenters. The standard InChI is InChI=1S/C37H39N5O8/c1-18-14-21(8-9-28(18)43)31-22-10-13-41-35(47)40(12-11-24-34(46)39(5)27-17-30(50-7)29(49-6)16-25(27)38-24)36(48)42(41)26(22)15-23-32(44)19(2)20(3)33(45)37(23,31)4/h8-10,14,16-17,23,26,31,43H,11-13,15H2,1-7H3. The van der Waals surface area contributed by atoms with Crippen LogP contribution in [-0.2, 0) is 36.1 Å². The summed E-state index contributed by atoms with van der Waals surface area (Å²) in [7, 11) is 4.62. The molecule has 3 aliphatic rings. The number of Topliss-reactive ketones (excluding diaryl/α,β-unsaturated/α-hetero) is 2. The van der Waals surface area contributed by atoms with Gasteiger partial charge in [-0.1, -0.05) is 25.1 Å². The van der Waals surface area contributed by atoms with Crippen LogP contribution in [0, 0.1) is 18.3 Å². The van der Waals surface area contributed by atoms with Gasteiger partial charge in [-0.05, 0) is 61.1 Å². The fourth-order valence-electron chi connectivity index (χ4n) is 8.41. The van der Waals surface area contributed by atoms with E-state index in [0.717, 1.165) is 15.7 Å². The number of hydrogen-bond donors (Lipinski definition) is 1. The first kappa shape index (κ1) is 33.1. The van der Waals surface area contributed by atoms with Gasteiger partial charge in [0.2, 0.25) is 0 Å². The van der Waals surface area contributed by atoms with Crippen molar-refractivity contribution in [2.45, 2.75) is 65.6 Å². The summed E-state index contributed by atoms with van der Waals surface area (Å²) >= 11 is 0. The fraction of sp³-hybridized carbons (Fsp3) is 0.405. The maximum Gasteiger partial charge on any atom is 0.347 e. The SMILES string of the molecule is COc1cc2nc(CCn3c(=O)n4n(c3=O)C3CC5C(=O)C(C)=C(C)C(=O)C5(C)C(c5ccc(O)c(C)c5)C3=CC4)c(=O)n(C)c2cc1OC. The van der Waals surface area contributed by atoms with Crippen molar-refractivity contribution in [1.82, 2.24) is 23.5 Å². The molecule has 2 aliphatic carbocycles. The summed E-state index contributed by atoms with van der Waals surface area (Å²) in [4.78, 5) is 74.1. The quantitative estimate of drug-likeness (QED) is 0.302. The number of phenols is 1. The van der Waals surface area contributed by atoms with E-state index in [4.69, 9.17) is 9.47 Å². The molecule has 260 valence electrons. The Kier molecular flexibility index (Phi) is 7.65. The zero-order chi connectivity index (χ0) is 36.0. The molecular weight excluding hydrogens is 642 g/mol. The first-order valence-corrected chi connectivity index (χ1v) is 16.5. The Hall–Kier alpha value is -5.46. The van der Waals surface area contributed by atoms with E-state index in [2.05, 4.69) is 4.98 Å². The van der Waals surface area contributed by atoms with Crippen molar-refractivity contribution < 1.29 is 24.2 Å². The van der Waals surface area contributed by atoms with E-state index in [0.29, 0.717) is 39.2 Å². The first-order chi connectivity index (χ1) is 23.7. The highest BCUT2D eigenvalue weighted by atomic mass is 16.5. The maximum atomic E-state index is 14.2. The number of aromatic nitrogens is 5. The highest BCUT2D eigenvalue weighted by Gasteiger charge is 2.60. The van der Waals surface area contributed by atoms with Gasteiger partial charge in [0.25, 0.3) is 5.56 Å². The topological polar surface area (TPSA) is 157 Å². The first-order valence-electron chi connectivity index (χ1n) is 16.5. The molecule has 0 radical (unpaired) electrons. The highest BCUT2D eigenvalue weighted by Crippen LogP contribution is 2.60. The Morgan fingerprint density at radius 1 is 0.960 bits per heavy atom. The van der Waals surface area contributed by atoms with Gasteiger partial charge in [-0.15, -0.1) is 0 Å². The van der Waals surface area contributed by atoms with Crippen LogP contribution in [0.4, 0.5) is 0 Å². The van der Waals surface area contributed by atoms with E-state index in [1.807, 2.05) is 19.1 Å². The molecule has 0 spiro atoms. The third-order valence-electron chi connectivity index (χ3n) is 11.3. The number of carbonyl (C=O) groups is 2. The van der Waals surface area contributed by atoms with Crippen molar-refractivity contribution in [3.63, 3.8) is 0 Å². The molecule has 2 aromatic heterocycles. The number of ether oxygens (including phenoxy) is 2. The summed E-state index contributed by atoms with van der Waals surface area (Å²) in [5.41, 5.74) is 1.53. The average Bonchev–Trinajstić information content (AvgIpc) is 3.35. The Balaban J connectivity index is 1.31. The predicted molar refractivity (Wildman–Crippen MR) is 184 cm³/mol. The minimum Gasteiger partial charge on any atom is -0.508 e. The minimum atomic E-state index is -1.14. The molecule has 1 saturated carbocycles. The molecule has 7 rings (SSSR count).